The van der Waals surface area contributed by atoms with Gasteiger partial charge >= 0.3 is 0 Å². The minimum absolute atomic E-state index is 0.432. The van der Waals surface area contributed by atoms with Crippen molar-refractivity contribution in [3.63, 3.8) is 0 Å². The first-order chi connectivity index (χ1) is 11.5. The Balaban J connectivity index is 1.97. The van der Waals surface area contributed by atoms with Gasteiger partial charge in [0.2, 0.25) is 5.95 Å². The van der Waals surface area contributed by atoms with Crippen LogP contribution in [-0.4, -0.2) is 21.5 Å². The lowest BCUT2D eigenvalue weighted by Crippen LogP contribution is -2.06. The van der Waals surface area contributed by atoms with Gasteiger partial charge in [-0.3, -0.25) is 0 Å². The van der Waals surface area contributed by atoms with Crippen LogP contribution in [0.4, 0.5) is 10.2 Å². The summed E-state index contributed by atoms with van der Waals surface area (Å²) in [5.74, 6) is 1.03. The van der Waals surface area contributed by atoms with Crippen molar-refractivity contribution in [3.05, 3.63) is 48.3 Å². The first kappa shape index (κ1) is 16.3. The molecule has 0 aliphatic heterocycles. The van der Waals surface area contributed by atoms with Crippen LogP contribution in [0.5, 0.6) is 0 Å². The Labute approximate surface area is 141 Å². The normalized spacial score (nSPS) is 11.2. The number of nitrogens with zero attached hydrogens (tertiary/aromatic N) is 3. The SMILES string of the molecule is Cc1cc(-c2ccc3ncnc(NCCC(C)C)c3c2)cnc1F. The summed E-state index contributed by atoms with van der Waals surface area (Å²) in [7, 11) is 0. The molecule has 0 saturated heterocycles. The number of pyridine rings is 1. The summed E-state index contributed by atoms with van der Waals surface area (Å²) in [5, 5.41) is 4.35. The number of nitrogens with one attached hydrogen (secondary N) is 1. The Morgan fingerprint density at radius 1 is 1.08 bits per heavy atom. The summed E-state index contributed by atoms with van der Waals surface area (Å²) in [6, 6.07) is 7.76. The fourth-order valence-corrected chi connectivity index (χ4v) is 2.57. The lowest BCUT2D eigenvalue weighted by molar-refractivity contribution is 0.575. The lowest BCUT2D eigenvalue weighted by Gasteiger charge is -2.11. The predicted octanol–water partition coefficient (Wildman–Crippen LogP) is 4.60. The van der Waals surface area contributed by atoms with Crippen LogP contribution in [0.2, 0.25) is 0 Å². The van der Waals surface area contributed by atoms with Gasteiger partial charge < -0.3 is 5.32 Å². The molecular formula is C19H21FN4. The van der Waals surface area contributed by atoms with E-state index in [1.807, 2.05) is 18.2 Å². The quantitative estimate of drug-likeness (QED) is 0.697. The second-order valence-electron chi connectivity index (χ2n) is 6.40. The molecule has 0 atom stereocenters. The average Bonchev–Trinajstić information content (AvgIpc) is 2.57. The molecule has 0 amide bonds. The van der Waals surface area contributed by atoms with Crippen LogP contribution in [0.25, 0.3) is 22.0 Å². The summed E-state index contributed by atoms with van der Waals surface area (Å²) in [6.45, 7) is 6.98. The molecule has 3 rings (SSSR count). The summed E-state index contributed by atoms with van der Waals surface area (Å²) < 4.78 is 13.4. The molecule has 0 bridgehead atoms. The minimum Gasteiger partial charge on any atom is -0.369 e. The van der Waals surface area contributed by atoms with Gasteiger partial charge in [0.05, 0.1) is 5.52 Å². The van der Waals surface area contributed by atoms with E-state index in [0.717, 1.165) is 40.8 Å². The van der Waals surface area contributed by atoms with Crippen LogP contribution < -0.4 is 5.32 Å². The van der Waals surface area contributed by atoms with Crippen molar-refractivity contribution in [2.45, 2.75) is 27.2 Å². The highest BCUT2D eigenvalue weighted by molar-refractivity contribution is 5.92. The van der Waals surface area contributed by atoms with Crippen LogP contribution in [0, 0.1) is 18.8 Å². The van der Waals surface area contributed by atoms with Gasteiger partial charge in [0.25, 0.3) is 0 Å². The Bertz CT molecular complexity index is 861. The summed E-state index contributed by atoms with van der Waals surface area (Å²) in [5.41, 5.74) is 3.27. The molecule has 24 heavy (non-hydrogen) atoms. The third kappa shape index (κ3) is 3.50. The van der Waals surface area contributed by atoms with Crippen molar-refractivity contribution in [2.24, 2.45) is 5.92 Å². The van der Waals surface area contributed by atoms with Crippen molar-refractivity contribution < 1.29 is 4.39 Å². The summed E-state index contributed by atoms with van der Waals surface area (Å²) in [6.07, 6.45) is 4.20. The zero-order valence-electron chi connectivity index (χ0n) is 14.2. The third-order valence-electron chi connectivity index (χ3n) is 4.00. The van der Waals surface area contributed by atoms with E-state index in [4.69, 9.17) is 0 Å². The van der Waals surface area contributed by atoms with E-state index in [0.29, 0.717) is 11.5 Å². The van der Waals surface area contributed by atoms with E-state index >= 15 is 0 Å². The number of fused-ring (bicyclic) bond motifs is 1. The van der Waals surface area contributed by atoms with E-state index < -0.39 is 5.95 Å². The van der Waals surface area contributed by atoms with Crippen molar-refractivity contribution in [1.29, 1.82) is 0 Å². The Kier molecular flexibility index (Phi) is 4.69. The van der Waals surface area contributed by atoms with Gasteiger partial charge in [-0.05, 0) is 43.0 Å². The number of hydrogen-bond acceptors (Lipinski definition) is 4. The number of rotatable bonds is 5. The van der Waals surface area contributed by atoms with Gasteiger partial charge in [0.15, 0.2) is 0 Å². The van der Waals surface area contributed by atoms with Gasteiger partial charge in [-0.15, -0.1) is 0 Å². The summed E-state index contributed by atoms with van der Waals surface area (Å²) >= 11 is 0. The first-order valence-corrected chi connectivity index (χ1v) is 8.15. The molecule has 4 nitrogen and oxygen atoms in total. The molecular weight excluding hydrogens is 303 g/mol. The molecule has 3 aromatic rings. The largest absolute Gasteiger partial charge is 0.369 e. The van der Waals surface area contributed by atoms with Crippen molar-refractivity contribution in [1.82, 2.24) is 15.0 Å². The molecule has 5 heteroatoms. The predicted molar refractivity (Wildman–Crippen MR) is 95.4 cm³/mol. The maximum absolute atomic E-state index is 13.4. The smallest absolute Gasteiger partial charge is 0.215 e. The number of aromatic nitrogens is 3. The number of anilines is 1. The van der Waals surface area contributed by atoms with Gasteiger partial charge in [0, 0.05) is 29.3 Å². The molecule has 0 unspecified atom stereocenters. The zero-order valence-corrected chi connectivity index (χ0v) is 14.2. The second kappa shape index (κ2) is 6.91. The number of hydrogen-bond donors (Lipinski definition) is 1. The molecule has 2 aromatic heterocycles. The highest BCUT2D eigenvalue weighted by atomic mass is 19.1. The molecule has 0 radical (unpaired) electrons. The Morgan fingerprint density at radius 2 is 1.92 bits per heavy atom. The number of aryl methyl sites for hydroxylation is 1. The fourth-order valence-electron chi connectivity index (χ4n) is 2.57. The number of benzene rings is 1. The Hall–Kier alpha value is -2.56. The van der Waals surface area contributed by atoms with E-state index in [-0.39, 0.29) is 0 Å². The van der Waals surface area contributed by atoms with Gasteiger partial charge in [-0.25, -0.2) is 15.0 Å². The fraction of sp³-hybridized carbons (Fsp3) is 0.316. The first-order valence-electron chi connectivity index (χ1n) is 8.15. The molecule has 1 aromatic carbocycles. The zero-order chi connectivity index (χ0) is 17.1. The van der Waals surface area contributed by atoms with Crippen LogP contribution in [0.15, 0.2) is 36.8 Å². The molecule has 0 fully saturated rings. The molecule has 1 N–H and O–H groups in total. The average molecular weight is 324 g/mol. The highest BCUT2D eigenvalue weighted by Gasteiger charge is 2.08. The van der Waals surface area contributed by atoms with Crippen LogP contribution in [0.3, 0.4) is 0 Å². The van der Waals surface area contributed by atoms with Crippen molar-refractivity contribution in [2.75, 3.05) is 11.9 Å². The maximum atomic E-state index is 13.4. The van der Waals surface area contributed by atoms with Gasteiger partial charge in [-0.1, -0.05) is 19.9 Å². The van der Waals surface area contributed by atoms with Gasteiger partial charge in [0.1, 0.15) is 12.1 Å². The number of halogens is 1. The van der Waals surface area contributed by atoms with E-state index in [1.165, 1.54) is 0 Å². The van der Waals surface area contributed by atoms with Crippen LogP contribution in [-0.2, 0) is 0 Å². The van der Waals surface area contributed by atoms with Gasteiger partial charge in [-0.2, -0.15) is 4.39 Å². The molecule has 0 spiro atoms. The maximum Gasteiger partial charge on any atom is 0.215 e. The van der Waals surface area contributed by atoms with E-state index in [2.05, 4.69) is 34.1 Å². The van der Waals surface area contributed by atoms with E-state index in [1.54, 1.807) is 25.5 Å². The summed E-state index contributed by atoms with van der Waals surface area (Å²) in [4.78, 5) is 12.5. The lowest BCUT2D eigenvalue weighted by atomic mass is 10.0. The molecule has 0 saturated carbocycles. The second-order valence-corrected chi connectivity index (χ2v) is 6.40. The van der Waals surface area contributed by atoms with E-state index in [9.17, 15) is 4.39 Å². The van der Waals surface area contributed by atoms with Crippen LogP contribution >= 0.6 is 0 Å². The van der Waals surface area contributed by atoms with Crippen molar-refractivity contribution >= 4 is 16.7 Å². The highest BCUT2D eigenvalue weighted by Crippen LogP contribution is 2.27. The third-order valence-corrected chi connectivity index (χ3v) is 4.00. The van der Waals surface area contributed by atoms with Crippen molar-refractivity contribution in [3.8, 4) is 11.1 Å². The minimum atomic E-state index is -0.432. The van der Waals surface area contributed by atoms with Crippen LogP contribution in [0.1, 0.15) is 25.8 Å². The Morgan fingerprint density at radius 3 is 2.67 bits per heavy atom. The molecule has 2 heterocycles. The standard InChI is InChI=1S/C19H21FN4/c1-12(2)6-7-21-19-16-9-14(4-5-17(16)23-11-24-19)15-8-13(3)18(20)22-10-15/h4-5,8-12H,6-7H2,1-3H3,(H,21,23,24). The topological polar surface area (TPSA) is 50.7 Å². The molecule has 124 valence electrons. The molecule has 0 aliphatic rings. The molecule has 0 aliphatic carbocycles. The monoisotopic (exact) mass is 324 g/mol.